The molecule has 2 aliphatic heterocycles. The highest BCUT2D eigenvalue weighted by atomic mass is 32.2. The van der Waals surface area contributed by atoms with Crippen molar-refractivity contribution >= 4 is 54.8 Å². The number of rotatable bonds is 7. The molecule has 0 aromatic heterocycles. The number of nitrogens with zero attached hydrogens (tertiary/aromatic N) is 4. The standard InChI is InChI=1S/C25H22N4O8S2/c1-16-22(24(30)28(26-16)18-8-12-20(13-9-18)38(32,33)34)6-4-3-5-7-23-17(2)27-29(25(23)31)19-10-14-21(15-11-19)39(35,36)37/h3-15,22H,1-2H3,(H,32,33,34)(H,35,36,37)/b5-3+,6-4+,23-7+. The third-order valence-electron chi connectivity index (χ3n) is 5.79. The van der Waals surface area contributed by atoms with Crippen LogP contribution in [0.15, 0.2) is 104 Å². The van der Waals surface area contributed by atoms with Crippen LogP contribution in [0, 0.1) is 5.92 Å². The summed E-state index contributed by atoms with van der Waals surface area (Å²) in [4.78, 5) is 25.1. The number of carbonyl (C=O) groups excluding carboxylic acids is 2. The van der Waals surface area contributed by atoms with Gasteiger partial charge in [-0.05, 0) is 68.5 Å². The monoisotopic (exact) mass is 570 g/mol. The molecule has 0 spiro atoms. The Morgan fingerprint density at radius 1 is 0.744 bits per heavy atom. The Bertz CT molecular complexity index is 1700. The summed E-state index contributed by atoms with van der Waals surface area (Å²) in [7, 11) is -8.71. The number of anilines is 2. The molecule has 2 N–H and O–H groups in total. The average molecular weight is 571 g/mol. The Labute approximate surface area is 224 Å². The molecular formula is C25H22N4O8S2. The lowest BCUT2D eigenvalue weighted by molar-refractivity contribution is -0.118. The Balaban J connectivity index is 1.41. The van der Waals surface area contributed by atoms with E-state index in [1.165, 1.54) is 48.5 Å². The third-order valence-corrected chi connectivity index (χ3v) is 7.53. The quantitative estimate of drug-likeness (QED) is 0.290. The van der Waals surface area contributed by atoms with E-state index in [0.717, 1.165) is 10.0 Å². The molecule has 2 amide bonds. The number of hydrogen-bond donors (Lipinski definition) is 2. The normalized spacial score (nSPS) is 19.6. The maximum absolute atomic E-state index is 12.8. The van der Waals surface area contributed by atoms with Crippen molar-refractivity contribution in [2.75, 3.05) is 10.0 Å². The van der Waals surface area contributed by atoms with Gasteiger partial charge in [-0.25, -0.2) is 0 Å². The lowest BCUT2D eigenvalue weighted by Crippen LogP contribution is -2.25. The van der Waals surface area contributed by atoms with Gasteiger partial charge in [-0.15, -0.1) is 0 Å². The van der Waals surface area contributed by atoms with Crippen molar-refractivity contribution in [1.82, 2.24) is 0 Å². The van der Waals surface area contributed by atoms with Gasteiger partial charge in [0.15, 0.2) is 0 Å². The lowest BCUT2D eigenvalue weighted by atomic mass is 10.0. The molecule has 2 aromatic rings. The highest BCUT2D eigenvalue weighted by molar-refractivity contribution is 7.86. The summed E-state index contributed by atoms with van der Waals surface area (Å²) >= 11 is 0. The van der Waals surface area contributed by atoms with Gasteiger partial charge in [0.05, 0.1) is 44.1 Å². The summed E-state index contributed by atoms with van der Waals surface area (Å²) < 4.78 is 63.1. The Kier molecular flexibility index (Phi) is 7.48. The van der Waals surface area contributed by atoms with Crippen molar-refractivity contribution in [3.05, 3.63) is 84.5 Å². The summed E-state index contributed by atoms with van der Waals surface area (Å²) in [5.41, 5.74) is 1.94. The molecule has 2 aromatic carbocycles. The van der Waals surface area contributed by atoms with Crippen LogP contribution >= 0.6 is 0 Å². The van der Waals surface area contributed by atoms with Crippen LogP contribution in [0.4, 0.5) is 11.4 Å². The molecule has 39 heavy (non-hydrogen) atoms. The predicted molar refractivity (Wildman–Crippen MR) is 144 cm³/mol. The Morgan fingerprint density at radius 2 is 1.26 bits per heavy atom. The second kappa shape index (κ2) is 10.5. The van der Waals surface area contributed by atoms with Gasteiger partial charge in [-0.3, -0.25) is 18.7 Å². The number of benzene rings is 2. The van der Waals surface area contributed by atoms with Crippen LogP contribution in [0.2, 0.25) is 0 Å². The van der Waals surface area contributed by atoms with E-state index in [-0.39, 0.29) is 15.7 Å². The van der Waals surface area contributed by atoms with E-state index in [1.807, 2.05) is 0 Å². The molecule has 0 saturated carbocycles. The minimum absolute atomic E-state index is 0.298. The van der Waals surface area contributed by atoms with Gasteiger partial charge in [0.1, 0.15) is 0 Å². The van der Waals surface area contributed by atoms with Crippen LogP contribution in [0.5, 0.6) is 0 Å². The number of amides is 2. The average Bonchev–Trinajstić information content (AvgIpc) is 3.32. The molecule has 2 aliphatic rings. The molecule has 202 valence electrons. The van der Waals surface area contributed by atoms with Crippen LogP contribution in [-0.2, 0) is 29.8 Å². The Hall–Kier alpha value is -4.24. The molecule has 0 bridgehead atoms. The topological polar surface area (TPSA) is 174 Å². The maximum atomic E-state index is 12.8. The summed E-state index contributed by atoms with van der Waals surface area (Å²) in [5, 5.41) is 10.7. The zero-order chi connectivity index (χ0) is 28.5. The molecular weight excluding hydrogens is 548 g/mol. The van der Waals surface area contributed by atoms with E-state index >= 15 is 0 Å². The van der Waals surface area contributed by atoms with Gasteiger partial charge in [0.2, 0.25) is 0 Å². The van der Waals surface area contributed by atoms with Crippen molar-refractivity contribution in [3.8, 4) is 0 Å². The second-order valence-electron chi connectivity index (χ2n) is 8.46. The first-order valence-corrected chi connectivity index (χ1v) is 14.1. The van der Waals surface area contributed by atoms with Gasteiger partial charge >= 0.3 is 0 Å². The highest BCUT2D eigenvalue weighted by Crippen LogP contribution is 2.27. The molecule has 1 unspecified atom stereocenters. The molecule has 2 heterocycles. The minimum atomic E-state index is -4.36. The van der Waals surface area contributed by atoms with E-state index < -0.39 is 32.1 Å². The first-order chi connectivity index (χ1) is 18.3. The first-order valence-electron chi connectivity index (χ1n) is 11.3. The van der Waals surface area contributed by atoms with Crippen molar-refractivity contribution in [2.45, 2.75) is 23.6 Å². The summed E-state index contributed by atoms with van der Waals surface area (Å²) in [6, 6.07) is 10.1. The summed E-state index contributed by atoms with van der Waals surface area (Å²) in [6.07, 6.45) is 8.04. The van der Waals surface area contributed by atoms with Crippen molar-refractivity contribution < 1.29 is 35.5 Å². The molecule has 4 rings (SSSR count). The van der Waals surface area contributed by atoms with Gasteiger partial charge < -0.3 is 0 Å². The highest BCUT2D eigenvalue weighted by Gasteiger charge is 2.32. The smallest absolute Gasteiger partial charge is 0.282 e. The largest absolute Gasteiger partial charge is 0.294 e. The third kappa shape index (κ3) is 5.93. The zero-order valence-corrected chi connectivity index (χ0v) is 22.2. The fourth-order valence-corrected chi connectivity index (χ4v) is 4.74. The minimum Gasteiger partial charge on any atom is -0.282 e. The van der Waals surface area contributed by atoms with Gasteiger partial charge in [-0.2, -0.15) is 37.1 Å². The zero-order valence-electron chi connectivity index (χ0n) is 20.5. The van der Waals surface area contributed by atoms with Crippen molar-refractivity contribution in [3.63, 3.8) is 0 Å². The van der Waals surface area contributed by atoms with Crippen LogP contribution in [-0.4, -0.2) is 49.2 Å². The SMILES string of the molecule is CC1=NN(c2ccc(S(=O)(=O)O)cc2)C(=O)/C1=C/C=C/C=C/C1C(=O)N(c2ccc(S(=O)(=O)O)cc2)N=C1C. The molecule has 0 radical (unpaired) electrons. The molecule has 1 atom stereocenters. The van der Waals surface area contributed by atoms with Gasteiger partial charge in [0, 0.05) is 0 Å². The van der Waals surface area contributed by atoms with Crippen molar-refractivity contribution in [2.24, 2.45) is 16.1 Å². The first kappa shape index (κ1) is 27.8. The fourth-order valence-electron chi connectivity index (χ4n) is 3.78. The van der Waals surface area contributed by atoms with Crippen LogP contribution in [0.3, 0.4) is 0 Å². The van der Waals surface area contributed by atoms with E-state index in [9.17, 15) is 26.4 Å². The van der Waals surface area contributed by atoms with Crippen molar-refractivity contribution in [1.29, 1.82) is 0 Å². The maximum Gasteiger partial charge on any atom is 0.294 e. The molecule has 14 heteroatoms. The van der Waals surface area contributed by atoms with Crippen LogP contribution in [0.1, 0.15) is 13.8 Å². The van der Waals surface area contributed by atoms with Crippen LogP contribution < -0.4 is 10.0 Å². The molecule has 12 nitrogen and oxygen atoms in total. The number of hydrogen-bond acceptors (Lipinski definition) is 8. The molecule has 0 fully saturated rings. The van der Waals surface area contributed by atoms with Crippen LogP contribution in [0.25, 0.3) is 0 Å². The van der Waals surface area contributed by atoms with Gasteiger partial charge in [0.25, 0.3) is 32.1 Å². The molecule has 0 saturated heterocycles. The number of carbonyl (C=O) groups is 2. The van der Waals surface area contributed by atoms with E-state index in [2.05, 4.69) is 10.2 Å². The summed E-state index contributed by atoms with van der Waals surface area (Å²) in [6.45, 7) is 3.33. The number of hydrazone groups is 2. The van der Waals surface area contributed by atoms with E-state index in [1.54, 1.807) is 44.2 Å². The fraction of sp³-hybridized carbons (Fsp3) is 0.120. The van der Waals surface area contributed by atoms with E-state index in [0.29, 0.717) is 28.4 Å². The second-order valence-corrected chi connectivity index (χ2v) is 11.3. The number of allylic oxidation sites excluding steroid dienone is 4. The lowest BCUT2D eigenvalue weighted by Gasteiger charge is -2.13. The predicted octanol–water partition coefficient (Wildman–Crippen LogP) is 2.98. The molecule has 0 aliphatic carbocycles. The van der Waals surface area contributed by atoms with E-state index in [4.69, 9.17) is 9.11 Å². The Morgan fingerprint density at radius 3 is 1.77 bits per heavy atom. The van der Waals surface area contributed by atoms with Gasteiger partial charge in [-0.1, -0.05) is 24.3 Å². The summed E-state index contributed by atoms with van der Waals surface area (Å²) in [5.74, 6) is -1.42.